The van der Waals surface area contributed by atoms with Crippen LogP contribution in [0.3, 0.4) is 0 Å². The summed E-state index contributed by atoms with van der Waals surface area (Å²) in [5.74, 6) is 0. The van der Waals surface area contributed by atoms with E-state index in [0.717, 1.165) is 23.7 Å². The van der Waals surface area contributed by atoms with E-state index in [4.69, 9.17) is 0 Å². The van der Waals surface area contributed by atoms with Crippen LogP contribution in [-0.2, 0) is 6.42 Å². The lowest BCUT2D eigenvalue weighted by atomic mass is 10.0. The van der Waals surface area contributed by atoms with Crippen LogP contribution >= 0.6 is 15.9 Å². The predicted octanol–water partition coefficient (Wildman–Crippen LogP) is 3.64. The Labute approximate surface area is 109 Å². The highest BCUT2D eigenvalue weighted by Crippen LogP contribution is 2.17. The van der Waals surface area contributed by atoms with Crippen molar-refractivity contribution in [2.24, 2.45) is 0 Å². The van der Waals surface area contributed by atoms with Gasteiger partial charge in [-0.1, -0.05) is 40.5 Å². The van der Waals surface area contributed by atoms with Gasteiger partial charge >= 0.3 is 0 Å². The Morgan fingerprint density at radius 2 is 1.94 bits per heavy atom. The molecule has 3 heteroatoms. The molecule has 0 aliphatic heterocycles. The highest BCUT2D eigenvalue weighted by Gasteiger charge is 2.02. The van der Waals surface area contributed by atoms with Gasteiger partial charge in [-0.25, -0.2) is 0 Å². The number of alkyl halides is 1. The van der Waals surface area contributed by atoms with E-state index in [0.29, 0.717) is 0 Å². The lowest BCUT2D eigenvalue weighted by Gasteiger charge is -2.05. The zero-order valence-electron chi connectivity index (χ0n) is 9.71. The first-order valence-electron chi connectivity index (χ1n) is 5.98. The van der Waals surface area contributed by atoms with E-state index < -0.39 is 0 Å². The van der Waals surface area contributed by atoms with Gasteiger partial charge in [0.25, 0.3) is 0 Å². The number of halogens is 1. The summed E-state index contributed by atoms with van der Waals surface area (Å²) in [4.78, 5) is 14.4. The molecular weight excluding hydrogens is 278 g/mol. The maximum atomic E-state index is 11.5. The number of benzene rings is 1. The average molecular weight is 294 g/mol. The molecular formula is C14H16BrNO. The van der Waals surface area contributed by atoms with Crippen molar-refractivity contribution in [1.82, 2.24) is 4.98 Å². The smallest absolute Gasteiger partial charge is 0.248 e. The molecule has 0 saturated heterocycles. The van der Waals surface area contributed by atoms with Gasteiger partial charge in [-0.05, 0) is 30.9 Å². The molecule has 0 saturated carbocycles. The number of nitrogens with one attached hydrogen (secondary N) is 1. The van der Waals surface area contributed by atoms with Crippen molar-refractivity contribution < 1.29 is 0 Å². The molecule has 0 aliphatic rings. The van der Waals surface area contributed by atoms with E-state index in [9.17, 15) is 4.79 Å². The number of aromatic nitrogens is 1. The molecule has 1 N–H and O–H groups in total. The second-order valence-corrected chi connectivity index (χ2v) is 5.00. The van der Waals surface area contributed by atoms with Crippen LogP contribution in [0.2, 0.25) is 0 Å². The van der Waals surface area contributed by atoms with E-state index in [1.807, 2.05) is 18.2 Å². The van der Waals surface area contributed by atoms with Gasteiger partial charge < -0.3 is 4.98 Å². The highest BCUT2D eigenvalue weighted by molar-refractivity contribution is 9.09. The number of fused-ring (bicyclic) bond motifs is 1. The summed E-state index contributed by atoms with van der Waals surface area (Å²) in [5.41, 5.74) is 2.11. The van der Waals surface area contributed by atoms with Crippen molar-refractivity contribution in [3.8, 4) is 0 Å². The minimum Gasteiger partial charge on any atom is -0.322 e. The molecule has 90 valence electrons. The first-order valence-corrected chi connectivity index (χ1v) is 7.10. The number of rotatable bonds is 5. The summed E-state index contributed by atoms with van der Waals surface area (Å²) in [7, 11) is 0. The molecule has 2 aromatic rings. The molecule has 0 fully saturated rings. The van der Waals surface area contributed by atoms with Crippen LogP contribution in [0.4, 0.5) is 0 Å². The summed E-state index contributed by atoms with van der Waals surface area (Å²) < 4.78 is 0. The largest absolute Gasteiger partial charge is 0.322 e. The van der Waals surface area contributed by atoms with Gasteiger partial charge in [-0.15, -0.1) is 0 Å². The molecule has 2 rings (SSSR count). The predicted molar refractivity (Wildman–Crippen MR) is 75.9 cm³/mol. The van der Waals surface area contributed by atoms with Crippen molar-refractivity contribution in [1.29, 1.82) is 0 Å². The lowest BCUT2D eigenvalue weighted by molar-refractivity contribution is 0.726. The maximum absolute atomic E-state index is 11.5. The van der Waals surface area contributed by atoms with Crippen LogP contribution in [0.15, 0.2) is 35.1 Å². The molecule has 0 aliphatic carbocycles. The van der Waals surface area contributed by atoms with Crippen LogP contribution < -0.4 is 5.56 Å². The van der Waals surface area contributed by atoms with Crippen LogP contribution in [-0.4, -0.2) is 10.3 Å². The molecule has 1 aromatic heterocycles. The number of para-hydroxylation sites is 1. The Morgan fingerprint density at radius 3 is 2.76 bits per heavy atom. The first kappa shape index (κ1) is 12.4. The maximum Gasteiger partial charge on any atom is 0.248 e. The van der Waals surface area contributed by atoms with Crippen LogP contribution in [0.5, 0.6) is 0 Å². The first-order chi connectivity index (χ1) is 8.31. The van der Waals surface area contributed by atoms with Gasteiger partial charge in [-0.2, -0.15) is 0 Å². The van der Waals surface area contributed by atoms with Gasteiger partial charge in [0.15, 0.2) is 0 Å². The van der Waals surface area contributed by atoms with Gasteiger partial charge in [0.05, 0.1) is 0 Å². The lowest BCUT2D eigenvalue weighted by Crippen LogP contribution is -2.06. The molecule has 1 heterocycles. The standard InChI is InChI=1S/C14H16BrNO/c15-9-5-1-2-6-11-10-14(17)16-13-8-4-3-7-12(11)13/h3-4,7-8,10H,1-2,5-6,9H2,(H,16,17). The number of unbranched alkanes of at least 4 members (excludes halogenated alkanes) is 2. The normalized spacial score (nSPS) is 10.9. The van der Waals surface area contributed by atoms with Gasteiger partial charge in [0.1, 0.15) is 0 Å². The van der Waals surface area contributed by atoms with Crippen LogP contribution in [0.1, 0.15) is 24.8 Å². The number of pyridine rings is 1. The minimum atomic E-state index is -0.000749. The zero-order valence-corrected chi connectivity index (χ0v) is 11.3. The monoisotopic (exact) mass is 293 g/mol. The van der Waals surface area contributed by atoms with Crippen molar-refractivity contribution in [3.63, 3.8) is 0 Å². The Morgan fingerprint density at radius 1 is 1.12 bits per heavy atom. The Kier molecular flexibility index (Phi) is 4.37. The summed E-state index contributed by atoms with van der Waals surface area (Å²) in [6.07, 6.45) is 4.52. The third-order valence-electron chi connectivity index (χ3n) is 2.92. The van der Waals surface area contributed by atoms with Crippen molar-refractivity contribution in [2.45, 2.75) is 25.7 Å². The average Bonchev–Trinajstić information content (AvgIpc) is 2.34. The summed E-state index contributed by atoms with van der Waals surface area (Å²) >= 11 is 3.43. The van der Waals surface area contributed by atoms with Crippen LogP contribution in [0, 0.1) is 0 Å². The molecule has 0 amide bonds. The Balaban J connectivity index is 2.23. The number of hydrogen-bond acceptors (Lipinski definition) is 1. The molecule has 0 atom stereocenters. The van der Waals surface area contributed by atoms with Crippen molar-refractivity contribution >= 4 is 26.8 Å². The third-order valence-corrected chi connectivity index (χ3v) is 3.48. The Hall–Kier alpha value is -1.09. The topological polar surface area (TPSA) is 32.9 Å². The second kappa shape index (κ2) is 6.01. The van der Waals surface area contributed by atoms with E-state index in [2.05, 4.69) is 27.0 Å². The summed E-state index contributed by atoms with van der Waals surface area (Å²) in [6.45, 7) is 0. The number of hydrogen-bond donors (Lipinski definition) is 1. The van der Waals surface area contributed by atoms with E-state index >= 15 is 0 Å². The molecule has 0 bridgehead atoms. The molecule has 2 nitrogen and oxygen atoms in total. The molecule has 1 aromatic carbocycles. The number of H-pyrrole nitrogens is 1. The fraction of sp³-hybridized carbons (Fsp3) is 0.357. The summed E-state index contributed by atoms with van der Waals surface area (Å²) in [6, 6.07) is 9.73. The molecule has 0 radical (unpaired) electrons. The quantitative estimate of drug-likeness (QED) is 0.663. The fourth-order valence-electron chi connectivity index (χ4n) is 2.07. The fourth-order valence-corrected chi connectivity index (χ4v) is 2.47. The number of aryl methyl sites for hydroxylation is 1. The molecule has 17 heavy (non-hydrogen) atoms. The number of aromatic amines is 1. The molecule has 0 unspecified atom stereocenters. The van der Waals surface area contributed by atoms with E-state index in [1.54, 1.807) is 6.07 Å². The van der Waals surface area contributed by atoms with Crippen molar-refractivity contribution in [3.05, 3.63) is 46.2 Å². The highest BCUT2D eigenvalue weighted by atomic mass is 79.9. The zero-order chi connectivity index (χ0) is 12.1. The summed E-state index contributed by atoms with van der Waals surface area (Å²) in [5, 5.41) is 2.23. The molecule has 0 spiro atoms. The van der Waals surface area contributed by atoms with Gasteiger partial charge in [0.2, 0.25) is 5.56 Å². The van der Waals surface area contributed by atoms with Gasteiger partial charge in [-0.3, -0.25) is 4.79 Å². The Bertz CT molecular complexity index is 547. The van der Waals surface area contributed by atoms with E-state index in [-0.39, 0.29) is 5.56 Å². The SMILES string of the molecule is O=c1cc(CCCCCBr)c2ccccc2[nH]1. The minimum absolute atomic E-state index is 0.000749. The third kappa shape index (κ3) is 3.19. The van der Waals surface area contributed by atoms with Crippen LogP contribution in [0.25, 0.3) is 10.9 Å². The van der Waals surface area contributed by atoms with Gasteiger partial charge in [0, 0.05) is 22.3 Å². The van der Waals surface area contributed by atoms with E-state index in [1.165, 1.54) is 23.8 Å². The van der Waals surface area contributed by atoms with Crippen molar-refractivity contribution in [2.75, 3.05) is 5.33 Å². The second-order valence-electron chi connectivity index (χ2n) is 4.20.